The number of benzene rings is 1. The van der Waals surface area contributed by atoms with Gasteiger partial charge in [0.25, 0.3) is 5.91 Å². The van der Waals surface area contributed by atoms with E-state index in [4.69, 9.17) is 4.74 Å². The molecule has 1 saturated carbocycles. The minimum atomic E-state index is -0.140. The summed E-state index contributed by atoms with van der Waals surface area (Å²) < 4.78 is 5.49. The number of carbonyl (C=O) groups excluding carboxylic acids is 1. The van der Waals surface area contributed by atoms with Crippen LogP contribution in [0.5, 0.6) is 0 Å². The molecule has 1 amide bonds. The predicted octanol–water partition coefficient (Wildman–Crippen LogP) is 2.91. The second kappa shape index (κ2) is 8.80. The van der Waals surface area contributed by atoms with Crippen LogP contribution >= 0.6 is 0 Å². The fourth-order valence-electron chi connectivity index (χ4n) is 4.34. The molecule has 1 saturated heterocycles. The van der Waals surface area contributed by atoms with E-state index in [0.29, 0.717) is 5.56 Å². The molecule has 2 aliphatic rings. The van der Waals surface area contributed by atoms with Crippen molar-refractivity contribution in [1.82, 2.24) is 20.2 Å². The molecule has 0 spiro atoms. The molecule has 1 N–H and O–H groups in total. The maximum atomic E-state index is 13.2. The molecule has 1 aromatic heterocycles. The molecule has 28 heavy (non-hydrogen) atoms. The first kappa shape index (κ1) is 19.0. The average Bonchev–Trinajstić information content (AvgIpc) is 2.76. The summed E-state index contributed by atoms with van der Waals surface area (Å²) in [4.78, 5) is 23.8. The number of hydrogen-bond acceptors (Lipinski definition) is 5. The number of nitrogens with zero attached hydrogens (tertiary/aromatic N) is 3. The lowest BCUT2D eigenvalue weighted by Crippen LogP contribution is -2.58. The van der Waals surface area contributed by atoms with E-state index in [-0.39, 0.29) is 11.4 Å². The largest absolute Gasteiger partial charge is 0.379 e. The second-order valence-corrected chi connectivity index (χ2v) is 7.89. The second-order valence-electron chi connectivity index (χ2n) is 7.89. The number of morpholine rings is 1. The maximum Gasteiger partial charge on any atom is 0.251 e. The number of carbonyl (C=O) groups is 1. The SMILES string of the molecule is O=C(NC1(CN2CCOCC2)CCCCC1)c1cccc(-c2cncnc2)c1. The molecule has 1 aromatic carbocycles. The fourth-order valence-corrected chi connectivity index (χ4v) is 4.34. The zero-order valence-corrected chi connectivity index (χ0v) is 16.3. The number of aromatic nitrogens is 2. The van der Waals surface area contributed by atoms with Crippen molar-refractivity contribution < 1.29 is 9.53 Å². The Kier molecular flexibility index (Phi) is 5.98. The molecule has 0 bridgehead atoms. The molecule has 1 aliphatic heterocycles. The van der Waals surface area contributed by atoms with Gasteiger partial charge in [0.05, 0.1) is 18.8 Å². The van der Waals surface area contributed by atoms with Crippen LogP contribution in [0.4, 0.5) is 0 Å². The summed E-state index contributed by atoms with van der Waals surface area (Å²) in [5.74, 6) is 0.00820. The standard InChI is InChI=1S/C22H28N4O2/c27-21(19-6-4-5-18(13-19)20-14-23-17-24-15-20)25-22(7-2-1-3-8-22)16-26-9-11-28-12-10-26/h4-6,13-15,17H,1-3,7-12,16H2,(H,25,27). The summed E-state index contributed by atoms with van der Waals surface area (Å²) >= 11 is 0. The third kappa shape index (κ3) is 4.56. The van der Waals surface area contributed by atoms with Gasteiger partial charge in [-0.15, -0.1) is 0 Å². The number of ether oxygens (including phenoxy) is 1. The lowest BCUT2D eigenvalue weighted by Gasteiger charge is -2.42. The average molecular weight is 380 g/mol. The molecule has 1 aliphatic carbocycles. The number of rotatable bonds is 5. The van der Waals surface area contributed by atoms with Crippen LogP contribution in [0.25, 0.3) is 11.1 Å². The number of nitrogens with one attached hydrogen (secondary N) is 1. The van der Waals surface area contributed by atoms with Gasteiger partial charge in [0, 0.05) is 43.2 Å². The van der Waals surface area contributed by atoms with Gasteiger partial charge in [-0.2, -0.15) is 0 Å². The fraction of sp³-hybridized carbons (Fsp3) is 0.500. The Morgan fingerprint density at radius 2 is 1.82 bits per heavy atom. The Morgan fingerprint density at radius 3 is 2.57 bits per heavy atom. The molecule has 0 radical (unpaired) electrons. The van der Waals surface area contributed by atoms with Crippen LogP contribution in [-0.4, -0.2) is 59.2 Å². The van der Waals surface area contributed by atoms with Gasteiger partial charge in [-0.25, -0.2) is 9.97 Å². The van der Waals surface area contributed by atoms with E-state index in [0.717, 1.165) is 56.8 Å². The van der Waals surface area contributed by atoms with E-state index in [9.17, 15) is 4.79 Å². The van der Waals surface area contributed by atoms with Crippen LogP contribution < -0.4 is 5.32 Å². The highest BCUT2D eigenvalue weighted by atomic mass is 16.5. The third-order valence-electron chi connectivity index (χ3n) is 5.84. The van der Waals surface area contributed by atoms with Crippen molar-refractivity contribution in [3.8, 4) is 11.1 Å². The van der Waals surface area contributed by atoms with E-state index < -0.39 is 0 Å². The Morgan fingerprint density at radius 1 is 1.07 bits per heavy atom. The zero-order chi connectivity index (χ0) is 19.2. The van der Waals surface area contributed by atoms with Crippen molar-refractivity contribution in [3.05, 3.63) is 48.5 Å². The van der Waals surface area contributed by atoms with Crippen molar-refractivity contribution in [3.63, 3.8) is 0 Å². The Labute approximate surface area is 166 Å². The van der Waals surface area contributed by atoms with Crippen molar-refractivity contribution >= 4 is 5.91 Å². The molecular formula is C22H28N4O2. The van der Waals surface area contributed by atoms with Gasteiger partial charge in [0.2, 0.25) is 0 Å². The highest BCUT2D eigenvalue weighted by Gasteiger charge is 2.36. The first-order valence-electron chi connectivity index (χ1n) is 10.2. The van der Waals surface area contributed by atoms with Crippen LogP contribution in [0, 0.1) is 0 Å². The molecule has 2 aromatic rings. The minimum absolute atomic E-state index is 0.00820. The lowest BCUT2D eigenvalue weighted by molar-refractivity contribution is 0.0181. The summed E-state index contributed by atoms with van der Waals surface area (Å²) in [7, 11) is 0. The molecule has 0 unspecified atom stereocenters. The van der Waals surface area contributed by atoms with E-state index in [1.165, 1.54) is 25.6 Å². The summed E-state index contributed by atoms with van der Waals surface area (Å²) in [6.45, 7) is 4.37. The van der Waals surface area contributed by atoms with Crippen molar-refractivity contribution in [2.45, 2.75) is 37.6 Å². The van der Waals surface area contributed by atoms with Crippen LogP contribution in [0.1, 0.15) is 42.5 Å². The topological polar surface area (TPSA) is 67.4 Å². The van der Waals surface area contributed by atoms with Gasteiger partial charge in [-0.05, 0) is 30.5 Å². The molecule has 4 rings (SSSR count). The Bertz CT molecular complexity index is 784. The van der Waals surface area contributed by atoms with Crippen molar-refractivity contribution in [2.75, 3.05) is 32.8 Å². The zero-order valence-electron chi connectivity index (χ0n) is 16.3. The summed E-state index contributed by atoms with van der Waals surface area (Å²) in [5.41, 5.74) is 2.42. The Balaban J connectivity index is 1.51. The van der Waals surface area contributed by atoms with Crippen LogP contribution in [0.2, 0.25) is 0 Å². The van der Waals surface area contributed by atoms with Crippen LogP contribution in [0.15, 0.2) is 43.0 Å². The summed E-state index contributed by atoms with van der Waals surface area (Å²) in [6, 6.07) is 7.72. The quantitative estimate of drug-likeness (QED) is 0.864. The van der Waals surface area contributed by atoms with Gasteiger partial charge in [0.1, 0.15) is 6.33 Å². The van der Waals surface area contributed by atoms with Gasteiger partial charge >= 0.3 is 0 Å². The molecule has 6 heteroatoms. The van der Waals surface area contributed by atoms with Crippen molar-refractivity contribution in [2.24, 2.45) is 0 Å². The van der Waals surface area contributed by atoms with E-state index in [2.05, 4.69) is 20.2 Å². The minimum Gasteiger partial charge on any atom is -0.379 e. The number of amides is 1. The van der Waals surface area contributed by atoms with E-state index in [1.807, 2.05) is 24.3 Å². The highest BCUT2D eigenvalue weighted by molar-refractivity contribution is 5.96. The van der Waals surface area contributed by atoms with Gasteiger partial charge in [-0.3, -0.25) is 9.69 Å². The number of hydrogen-bond donors (Lipinski definition) is 1. The molecule has 0 atom stereocenters. The van der Waals surface area contributed by atoms with Crippen molar-refractivity contribution in [1.29, 1.82) is 0 Å². The monoisotopic (exact) mass is 380 g/mol. The first-order valence-corrected chi connectivity index (χ1v) is 10.2. The lowest BCUT2D eigenvalue weighted by atomic mass is 9.80. The Hall–Kier alpha value is -2.31. The smallest absolute Gasteiger partial charge is 0.251 e. The van der Waals surface area contributed by atoms with Gasteiger partial charge in [0.15, 0.2) is 0 Å². The molecule has 148 valence electrons. The van der Waals surface area contributed by atoms with Gasteiger partial charge in [-0.1, -0.05) is 31.4 Å². The molecule has 6 nitrogen and oxygen atoms in total. The first-order chi connectivity index (χ1) is 13.7. The van der Waals surface area contributed by atoms with Crippen LogP contribution in [-0.2, 0) is 4.74 Å². The molecular weight excluding hydrogens is 352 g/mol. The normalized spacial score (nSPS) is 19.9. The van der Waals surface area contributed by atoms with E-state index in [1.54, 1.807) is 12.4 Å². The predicted molar refractivity (Wildman–Crippen MR) is 108 cm³/mol. The van der Waals surface area contributed by atoms with E-state index >= 15 is 0 Å². The van der Waals surface area contributed by atoms with Gasteiger partial charge < -0.3 is 10.1 Å². The molecule has 2 fully saturated rings. The highest BCUT2D eigenvalue weighted by Crippen LogP contribution is 2.30. The summed E-state index contributed by atoms with van der Waals surface area (Å²) in [6.07, 6.45) is 10.7. The summed E-state index contributed by atoms with van der Waals surface area (Å²) in [5, 5.41) is 3.42. The van der Waals surface area contributed by atoms with Crippen LogP contribution in [0.3, 0.4) is 0 Å². The third-order valence-corrected chi connectivity index (χ3v) is 5.84. The maximum absolute atomic E-state index is 13.2. The molecule has 2 heterocycles.